The number of rotatable bonds is 12. The molecule has 0 aliphatic rings. The Balaban J connectivity index is 0.000000272. The molecule has 60 heavy (non-hydrogen) atoms. The van der Waals surface area contributed by atoms with E-state index in [4.69, 9.17) is 19.8 Å². The summed E-state index contributed by atoms with van der Waals surface area (Å²) in [7, 11) is -3.62. The highest BCUT2D eigenvalue weighted by molar-refractivity contribution is 7.96. The van der Waals surface area contributed by atoms with Gasteiger partial charge in [-0.05, 0) is 162 Å². The third kappa shape index (κ3) is 14.1. The zero-order chi connectivity index (χ0) is 44.3. The third-order valence-corrected chi connectivity index (χ3v) is 18.9. The van der Waals surface area contributed by atoms with Gasteiger partial charge < -0.3 is 30.0 Å². The highest BCUT2D eigenvalue weighted by Crippen LogP contribution is 2.57. The van der Waals surface area contributed by atoms with Crippen molar-refractivity contribution in [3.63, 3.8) is 0 Å². The monoisotopic (exact) mass is 844 g/mol. The van der Waals surface area contributed by atoms with E-state index >= 15 is 0 Å². The number of aliphatic carboxylic acids is 2. The third-order valence-electron chi connectivity index (χ3n) is 9.96. The van der Waals surface area contributed by atoms with Gasteiger partial charge in [-0.2, -0.15) is 0 Å². The van der Waals surface area contributed by atoms with Crippen LogP contribution in [0.1, 0.15) is 60.1 Å². The summed E-state index contributed by atoms with van der Waals surface area (Å²) in [5, 5.41) is 45.5. The van der Waals surface area contributed by atoms with Gasteiger partial charge in [0.25, 0.3) is 0 Å². The number of aliphatic hydroxyl groups excluding tert-OH is 2. The second kappa shape index (κ2) is 24.3. The van der Waals surface area contributed by atoms with Gasteiger partial charge in [-0.1, -0.05) is 72.8 Å². The van der Waals surface area contributed by atoms with Crippen molar-refractivity contribution < 1.29 is 30.0 Å². The lowest BCUT2D eigenvalue weighted by atomic mass is 10.2. The van der Waals surface area contributed by atoms with E-state index in [2.05, 4.69) is 187 Å². The first kappa shape index (κ1) is 49.4. The van der Waals surface area contributed by atoms with Crippen LogP contribution in [0.2, 0.25) is 0 Å². The molecule has 0 spiro atoms. The number of hydrogen-bond acceptors (Lipinski definition) is 6. The summed E-state index contributed by atoms with van der Waals surface area (Å²) < 4.78 is 0. The highest BCUT2D eigenvalue weighted by atomic mass is 31.2. The minimum atomic E-state index is -1.81. The molecular formula is C52H62O6P2. The normalized spacial score (nSPS) is 10.8. The van der Waals surface area contributed by atoms with E-state index in [0.717, 1.165) is 39.0 Å². The molecule has 0 atom stereocenters. The average molecular weight is 845 g/mol. The van der Waals surface area contributed by atoms with Crippen molar-refractivity contribution in [2.75, 3.05) is 25.5 Å². The smallest absolute Gasteiger partial charge is 0.112 e. The van der Waals surface area contributed by atoms with Crippen LogP contribution in [0.15, 0.2) is 146 Å². The van der Waals surface area contributed by atoms with Crippen LogP contribution in [0, 0.1) is 41.5 Å². The van der Waals surface area contributed by atoms with Crippen LogP contribution in [0.25, 0.3) is 0 Å². The number of benzene rings is 6. The highest BCUT2D eigenvalue weighted by Gasteiger charge is 2.46. The summed E-state index contributed by atoms with van der Waals surface area (Å²) in [4.78, 5) is 17.8. The zero-order valence-corrected chi connectivity index (χ0v) is 38.3. The molecule has 0 bridgehead atoms. The van der Waals surface area contributed by atoms with Gasteiger partial charge in [0.1, 0.15) is 46.4 Å². The Morgan fingerprint density at radius 1 is 0.400 bits per heavy atom. The molecule has 0 fully saturated rings. The van der Waals surface area contributed by atoms with Crippen molar-refractivity contribution >= 4 is 58.3 Å². The number of hydrogen-bond donors (Lipinski definition) is 2. The summed E-state index contributed by atoms with van der Waals surface area (Å²) in [5.74, 6) is -2.17. The molecule has 6 aromatic carbocycles. The summed E-state index contributed by atoms with van der Waals surface area (Å²) in [5.41, 5.74) is 7.73. The SMILES string of the molecule is CC(=O)[O-].CC(=O)[O-].Cc1cccc([P+](CCCO)(c2cccc(C)c2)c2cccc(C)c2)c1.Cc1cccc([P+](CCCO)(c2cccc(C)c2)c2cccc(C)c2)c1. The van der Waals surface area contributed by atoms with Gasteiger partial charge in [0.05, 0.1) is 12.3 Å². The van der Waals surface area contributed by atoms with Crippen LogP contribution >= 0.6 is 14.5 Å². The maximum atomic E-state index is 9.65. The Hall–Kier alpha value is -4.96. The van der Waals surface area contributed by atoms with Gasteiger partial charge in [-0.3, -0.25) is 0 Å². The van der Waals surface area contributed by atoms with E-state index in [9.17, 15) is 10.2 Å². The molecule has 8 heteroatoms. The fourth-order valence-electron chi connectivity index (χ4n) is 7.48. The lowest BCUT2D eigenvalue weighted by molar-refractivity contribution is -0.303. The van der Waals surface area contributed by atoms with Crippen LogP contribution in [-0.4, -0.2) is 47.7 Å². The molecular weight excluding hydrogens is 783 g/mol. The Kier molecular flexibility index (Phi) is 20.0. The zero-order valence-electron chi connectivity index (χ0n) is 36.5. The standard InChI is InChI=1S/2C24H28OP.2C2H4O2/c2*1-19-8-4-11-22(16-19)26(15-7-14-25,23-12-5-9-20(2)17-23)24-13-6-10-21(3)18-24;2*1-2(3)4/h2*4-6,8-13,16-18,25H,7,14-15H2,1-3H3;2*1H3,(H,3,4)/q2*+1;;/p-2. The molecule has 6 aromatic rings. The summed E-state index contributed by atoms with van der Waals surface area (Å²) in [6.07, 6.45) is 3.59. The Bertz CT molecular complexity index is 1890. The Labute approximate surface area is 359 Å². The van der Waals surface area contributed by atoms with E-state index < -0.39 is 26.5 Å². The van der Waals surface area contributed by atoms with Gasteiger partial charge in [0.15, 0.2) is 0 Å². The summed E-state index contributed by atoms with van der Waals surface area (Å²) in [6, 6.07) is 53.7. The fraction of sp³-hybridized carbons (Fsp3) is 0.269. The molecule has 0 aliphatic heterocycles. The van der Waals surface area contributed by atoms with Gasteiger partial charge in [-0.15, -0.1) is 0 Å². The minimum absolute atomic E-state index is 0.227. The molecule has 6 rings (SSSR count). The average Bonchev–Trinajstić information content (AvgIpc) is 3.19. The first-order chi connectivity index (χ1) is 28.6. The lowest BCUT2D eigenvalue weighted by Gasteiger charge is -2.28. The second-order valence-electron chi connectivity index (χ2n) is 15.2. The van der Waals surface area contributed by atoms with Crippen LogP contribution in [-0.2, 0) is 9.59 Å². The number of carboxylic acids is 2. The second-order valence-corrected chi connectivity index (χ2v) is 22.5. The first-order valence-electron chi connectivity index (χ1n) is 20.4. The maximum Gasteiger partial charge on any atom is 0.112 e. The van der Waals surface area contributed by atoms with Crippen molar-refractivity contribution in [3.05, 3.63) is 179 Å². The van der Waals surface area contributed by atoms with Crippen LogP contribution in [0.3, 0.4) is 0 Å². The molecule has 0 saturated heterocycles. The van der Waals surface area contributed by atoms with E-state index in [1.165, 1.54) is 65.2 Å². The molecule has 6 nitrogen and oxygen atoms in total. The van der Waals surface area contributed by atoms with E-state index in [1.54, 1.807) is 0 Å². The largest absolute Gasteiger partial charge is 0.550 e. The molecule has 0 unspecified atom stereocenters. The maximum absolute atomic E-state index is 9.65. The van der Waals surface area contributed by atoms with E-state index in [0.29, 0.717) is 0 Å². The number of aryl methyl sites for hydroxylation is 6. The quantitative estimate of drug-likeness (QED) is 0.144. The van der Waals surface area contributed by atoms with Crippen molar-refractivity contribution in [3.8, 4) is 0 Å². The predicted octanol–water partition coefficient (Wildman–Crippen LogP) is 6.09. The van der Waals surface area contributed by atoms with Crippen LogP contribution in [0.4, 0.5) is 0 Å². The number of carbonyl (C=O) groups excluding carboxylic acids is 2. The van der Waals surface area contributed by atoms with Crippen LogP contribution < -0.4 is 42.0 Å². The number of aliphatic hydroxyl groups is 2. The fourth-order valence-corrected chi connectivity index (χ4v) is 16.6. The molecule has 0 aliphatic carbocycles. The first-order valence-corrected chi connectivity index (χ1v) is 24.3. The van der Waals surface area contributed by atoms with Gasteiger partial charge in [0, 0.05) is 38.0 Å². The Morgan fingerprint density at radius 3 is 0.700 bits per heavy atom. The molecule has 0 saturated carbocycles. The molecule has 0 aromatic heterocycles. The van der Waals surface area contributed by atoms with Crippen molar-refractivity contribution in [1.29, 1.82) is 0 Å². The predicted molar refractivity (Wildman–Crippen MR) is 253 cm³/mol. The van der Waals surface area contributed by atoms with E-state index in [1.807, 2.05) is 0 Å². The van der Waals surface area contributed by atoms with Crippen molar-refractivity contribution in [2.45, 2.75) is 68.2 Å². The lowest BCUT2D eigenvalue weighted by Crippen LogP contribution is -2.34. The van der Waals surface area contributed by atoms with Gasteiger partial charge in [-0.25, -0.2) is 0 Å². The number of carboxylic acid groups (broad SMARTS) is 2. The molecule has 316 valence electrons. The van der Waals surface area contributed by atoms with Crippen molar-refractivity contribution in [2.24, 2.45) is 0 Å². The molecule has 0 amide bonds. The van der Waals surface area contributed by atoms with E-state index in [-0.39, 0.29) is 13.2 Å². The molecule has 2 N–H and O–H groups in total. The summed E-state index contributed by atoms with van der Waals surface area (Å²) >= 11 is 0. The molecule has 0 radical (unpaired) electrons. The van der Waals surface area contributed by atoms with Crippen molar-refractivity contribution in [1.82, 2.24) is 0 Å². The van der Waals surface area contributed by atoms with Gasteiger partial charge in [0.2, 0.25) is 0 Å². The molecule has 0 heterocycles. The summed E-state index contributed by atoms with van der Waals surface area (Å²) in [6.45, 7) is 15.4. The topological polar surface area (TPSA) is 121 Å². The minimum Gasteiger partial charge on any atom is -0.550 e. The Morgan fingerprint density at radius 2 is 0.567 bits per heavy atom. The number of carbonyl (C=O) groups is 2. The van der Waals surface area contributed by atoms with Gasteiger partial charge >= 0.3 is 0 Å². The van der Waals surface area contributed by atoms with Crippen LogP contribution in [0.5, 0.6) is 0 Å².